The molecule has 0 spiro atoms. The van der Waals surface area contributed by atoms with Gasteiger partial charge in [-0.2, -0.15) is 8.78 Å². The summed E-state index contributed by atoms with van der Waals surface area (Å²) in [5.74, 6) is -0.470. The highest BCUT2D eigenvalue weighted by atomic mass is 32.1. The van der Waals surface area contributed by atoms with Gasteiger partial charge in [-0.3, -0.25) is 4.79 Å². The Morgan fingerprint density at radius 1 is 1.07 bits per heavy atom. The molecule has 4 nitrogen and oxygen atoms in total. The molecule has 0 unspecified atom stereocenters. The van der Waals surface area contributed by atoms with Crippen LogP contribution in [0.4, 0.5) is 14.5 Å². The van der Waals surface area contributed by atoms with Crippen LogP contribution in [0.15, 0.2) is 66.7 Å². The van der Waals surface area contributed by atoms with Crippen molar-refractivity contribution in [3.8, 4) is 16.3 Å². The van der Waals surface area contributed by atoms with Crippen LogP contribution < -0.4 is 10.1 Å². The normalized spacial score (nSPS) is 11.0. The van der Waals surface area contributed by atoms with Crippen LogP contribution in [0, 0.1) is 6.92 Å². The summed E-state index contributed by atoms with van der Waals surface area (Å²) in [6, 6.07) is 19.2. The number of aryl methyl sites for hydroxylation is 1. The van der Waals surface area contributed by atoms with E-state index in [1.165, 1.54) is 29.8 Å². The zero-order valence-electron chi connectivity index (χ0n) is 15.4. The molecule has 1 aromatic heterocycles. The van der Waals surface area contributed by atoms with Gasteiger partial charge in [0.15, 0.2) is 0 Å². The van der Waals surface area contributed by atoms with E-state index in [0.717, 1.165) is 20.8 Å². The number of benzene rings is 3. The topological polar surface area (TPSA) is 51.2 Å². The zero-order valence-corrected chi connectivity index (χ0v) is 16.2. The van der Waals surface area contributed by atoms with Gasteiger partial charge in [-0.05, 0) is 67.1 Å². The lowest BCUT2D eigenvalue weighted by Gasteiger charge is -2.08. The minimum atomic E-state index is -2.94. The van der Waals surface area contributed by atoms with Gasteiger partial charge in [0.05, 0.1) is 10.2 Å². The van der Waals surface area contributed by atoms with Gasteiger partial charge in [0.25, 0.3) is 5.91 Å². The van der Waals surface area contributed by atoms with Crippen molar-refractivity contribution in [2.45, 2.75) is 13.5 Å². The molecule has 1 N–H and O–H groups in total. The number of hydrogen-bond acceptors (Lipinski definition) is 4. The van der Waals surface area contributed by atoms with E-state index in [1.54, 1.807) is 23.5 Å². The molecule has 0 aliphatic rings. The molecule has 29 heavy (non-hydrogen) atoms. The van der Waals surface area contributed by atoms with Crippen molar-refractivity contribution in [1.29, 1.82) is 0 Å². The second-order valence-corrected chi connectivity index (χ2v) is 7.46. The number of halogens is 2. The van der Waals surface area contributed by atoms with Gasteiger partial charge in [-0.1, -0.05) is 12.1 Å². The number of rotatable bonds is 5. The number of carbonyl (C=O) groups excluding carboxylic acids is 1. The summed E-state index contributed by atoms with van der Waals surface area (Å²) in [4.78, 5) is 17.0. The molecule has 7 heteroatoms. The number of carbonyl (C=O) groups is 1. The van der Waals surface area contributed by atoms with Crippen molar-refractivity contribution in [2.75, 3.05) is 5.32 Å². The summed E-state index contributed by atoms with van der Waals surface area (Å²) in [6.45, 7) is -0.890. The molecule has 146 valence electrons. The summed E-state index contributed by atoms with van der Waals surface area (Å²) in [6.07, 6.45) is 0. The Hall–Kier alpha value is -3.32. The standard InChI is InChI=1S/C22H16F2N2O2S/c1-13-5-10-18-19(11-13)29-21(26-18)14-6-8-16(9-7-14)25-20(27)15-3-2-4-17(12-15)28-22(23)24/h2-12,22H,1H3,(H,25,27). The molecule has 0 aliphatic heterocycles. The summed E-state index contributed by atoms with van der Waals surface area (Å²) < 4.78 is 30.1. The Kier molecular flexibility index (Phi) is 5.22. The molecule has 4 rings (SSSR count). The number of nitrogens with one attached hydrogen (secondary N) is 1. The molecule has 0 bridgehead atoms. The van der Waals surface area contributed by atoms with E-state index in [9.17, 15) is 13.6 Å². The molecule has 0 aliphatic carbocycles. The minimum Gasteiger partial charge on any atom is -0.435 e. The van der Waals surface area contributed by atoms with E-state index >= 15 is 0 Å². The monoisotopic (exact) mass is 410 g/mol. The van der Waals surface area contributed by atoms with E-state index in [2.05, 4.69) is 21.1 Å². The van der Waals surface area contributed by atoms with E-state index in [4.69, 9.17) is 0 Å². The van der Waals surface area contributed by atoms with E-state index < -0.39 is 12.5 Å². The average molecular weight is 410 g/mol. The van der Waals surface area contributed by atoms with Crippen LogP contribution in [0.2, 0.25) is 0 Å². The third-order valence-corrected chi connectivity index (χ3v) is 5.32. The Morgan fingerprint density at radius 2 is 1.86 bits per heavy atom. The summed E-state index contributed by atoms with van der Waals surface area (Å²) in [5.41, 5.74) is 3.92. The fraction of sp³-hybridized carbons (Fsp3) is 0.0909. The first-order chi connectivity index (χ1) is 14.0. The Bertz CT molecular complexity index is 1170. The number of hydrogen-bond donors (Lipinski definition) is 1. The lowest BCUT2D eigenvalue weighted by atomic mass is 10.1. The predicted molar refractivity (Wildman–Crippen MR) is 111 cm³/mol. The van der Waals surface area contributed by atoms with Crippen molar-refractivity contribution in [3.05, 3.63) is 77.9 Å². The molecule has 0 atom stereocenters. The Labute approximate surface area is 169 Å². The number of alkyl halides is 2. The van der Waals surface area contributed by atoms with Crippen LogP contribution in [0.1, 0.15) is 15.9 Å². The molecular weight excluding hydrogens is 394 g/mol. The van der Waals surface area contributed by atoms with Gasteiger partial charge in [0, 0.05) is 16.8 Å². The predicted octanol–water partition coefficient (Wildman–Crippen LogP) is 6.13. The second-order valence-electron chi connectivity index (χ2n) is 6.43. The van der Waals surface area contributed by atoms with Gasteiger partial charge in [0.1, 0.15) is 10.8 Å². The number of thiazole rings is 1. The first kappa shape index (κ1) is 19.0. The van der Waals surface area contributed by atoms with Crippen LogP contribution in [0.5, 0.6) is 5.75 Å². The maximum Gasteiger partial charge on any atom is 0.387 e. The van der Waals surface area contributed by atoms with Crippen molar-refractivity contribution in [2.24, 2.45) is 0 Å². The van der Waals surface area contributed by atoms with E-state index in [-0.39, 0.29) is 11.3 Å². The number of fused-ring (bicyclic) bond motifs is 1. The fourth-order valence-corrected chi connectivity index (χ4v) is 3.94. The third kappa shape index (κ3) is 4.41. The van der Waals surface area contributed by atoms with Crippen LogP contribution in [-0.2, 0) is 0 Å². The van der Waals surface area contributed by atoms with Crippen LogP contribution in [-0.4, -0.2) is 17.5 Å². The highest BCUT2D eigenvalue weighted by molar-refractivity contribution is 7.21. The highest BCUT2D eigenvalue weighted by Gasteiger charge is 2.11. The molecule has 4 aromatic rings. The summed E-state index contributed by atoms with van der Waals surface area (Å²) in [5, 5.41) is 3.66. The molecule has 0 radical (unpaired) electrons. The zero-order chi connectivity index (χ0) is 20.4. The van der Waals surface area contributed by atoms with Gasteiger partial charge in [0.2, 0.25) is 0 Å². The number of aromatic nitrogens is 1. The smallest absolute Gasteiger partial charge is 0.387 e. The van der Waals surface area contributed by atoms with Crippen molar-refractivity contribution < 1.29 is 18.3 Å². The maximum atomic E-state index is 12.4. The number of amides is 1. The maximum absolute atomic E-state index is 12.4. The highest BCUT2D eigenvalue weighted by Crippen LogP contribution is 2.31. The minimum absolute atomic E-state index is 0.0610. The molecule has 3 aromatic carbocycles. The molecular formula is C22H16F2N2O2S. The van der Waals surface area contributed by atoms with Gasteiger partial charge < -0.3 is 10.1 Å². The number of ether oxygens (including phenoxy) is 1. The Balaban J connectivity index is 1.49. The van der Waals surface area contributed by atoms with Crippen molar-refractivity contribution >= 4 is 33.1 Å². The number of nitrogens with zero attached hydrogens (tertiary/aromatic N) is 1. The van der Waals surface area contributed by atoms with Crippen LogP contribution in [0.3, 0.4) is 0 Å². The quantitative estimate of drug-likeness (QED) is 0.431. The van der Waals surface area contributed by atoms with Crippen LogP contribution in [0.25, 0.3) is 20.8 Å². The first-order valence-corrected chi connectivity index (χ1v) is 9.63. The van der Waals surface area contributed by atoms with Crippen molar-refractivity contribution in [3.63, 3.8) is 0 Å². The number of anilines is 1. The van der Waals surface area contributed by atoms with E-state index in [0.29, 0.717) is 5.69 Å². The Morgan fingerprint density at radius 3 is 2.62 bits per heavy atom. The lowest BCUT2D eigenvalue weighted by Crippen LogP contribution is -2.12. The first-order valence-electron chi connectivity index (χ1n) is 8.82. The van der Waals surface area contributed by atoms with Gasteiger partial charge in [-0.25, -0.2) is 4.98 Å². The molecule has 0 saturated carbocycles. The molecule has 0 fully saturated rings. The molecule has 0 saturated heterocycles. The molecule has 1 amide bonds. The van der Waals surface area contributed by atoms with Gasteiger partial charge >= 0.3 is 6.61 Å². The summed E-state index contributed by atoms with van der Waals surface area (Å²) in [7, 11) is 0. The SMILES string of the molecule is Cc1ccc2nc(-c3ccc(NC(=O)c4cccc(OC(F)F)c4)cc3)sc2c1. The third-order valence-electron chi connectivity index (χ3n) is 4.26. The van der Waals surface area contributed by atoms with Crippen LogP contribution >= 0.6 is 11.3 Å². The van der Waals surface area contributed by atoms with Gasteiger partial charge in [-0.15, -0.1) is 11.3 Å². The second kappa shape index (κ2) is 7.97. The van der Waals surface area contributed by atoms with E-state index in [1.807, 2.05) is 31.2 Å². The largest absolute Gasteiger partial charge is 0.435 e. The van der Waals surface area contributed by atoms with Crippen molar-refractivity contribution in [1.82, 2.24) is 4.98 Å². The average Bonchev–Trinajstić information content (AvgIpc) is 3.11. The fourth-order valence-electron chi connectivity index (χ4n) is 2.87. The lowest BCUT2D eigenvalue weighted by molar-refractivity contribution is -0.0498. The molecule has 1 heterocycles. The summed E-state index contributed by atoms with van der Waals surface area (Å²) >= 11 is 1.61.